The number of ketones is 1. The number of carbonyl (C=O) groups excluding carboxylic acids is 2. The van der Waals surface area contributed by atoms with Crippen LogP contribution in [0, 0.1) is 5.92 Å². The van der Waals surface area contributed by atoms with Crippen molar-refractivity contribution in [3.8, 4) is 17.2 Å². The van der Waals surface area contributed by atoms with E-state index >= 15 is 0 Å². The number of likely N-dealkylation sites (tertiary alicyclic amines) is 1. The first-order valence-electron chi connectivity index (χ1n) is 11.0. The van der Waals surface area contributed by atoms with Gasteiger partial charge in [-0.05, 0) is 42.3 Å². The molecule has 182 valence electrons. The third-order valence-corrected chi connectivity index (χ3v) is 5.52. The highest BCUT2D eigenvalue weighted by Crippen LogP contribution is 2.43. The minimum Gasteiger partial charge on any atom is -0.507 e. The predicted octanol–water partition coefficient (Wildman–Crippen LogP) is 3.81. The molecule has 3 rings (SSSR count). The Morgan fingerprint density at radius 1 is 1.00 bits per heavy atom. The van der Waals surface area contributed by atoms with Crippen molar-refractivity contribution < 1.29 is 33.6 Å². The molecule has 1 heterocycles. The summed E-state index contributed by atoms with van der Waals surface area (Å²) in [6, 6.07) is 11.0. The Kier molecular flexibility index (Phi) is 8.17. The van der Waals surface area contributed by atoms with E-state index in [9.17, 15) is 14.7 Å². The van der Waals surface area contributed by atoms with Gasteiger partial charge in [-0.2, -0.15) is 0 Å². The largest absolute Gasteiger partial charge is 0.507 e. The van der Waals surface area contributed by atoms with E-state index in [1.807, 2.05) is 0 Å². The molecule has 0 radical (unpaired) electrons. The van der Waals surface area contributed by atoms with Gasteiger partial charge in [0, 0.05) is 30.8 Å². The Hall–Kier alpha value is -3.52. The number of benzene rings is 2. The molecule has 1 amide bonds. The molecule has 34 heavy (non-hydrogen) atoms. The van der Waals surface area contributed by atoms with Crippen molar-refractivity contribution in [2.24, 2.45) is 5.92 Å². The Morgan fingerprint density at radius 3 is 2.26 bits per heavy atom. The van der Waals surface area contributed by atoms with Crippen molar-refractivity contribution in [3.05, 3.63) is 59.2 Å². The lowest BCUT2D eigenvalue weighted by atomic mass is 9.94. The van der Waals surface area contributed by atoms with Crippen molar-refractivity contribution in [2.45, 2.75) is 19.9 Å². The van der Waals surface area contributed by atoms with Crippen LogP contribution in [-0.4, -0.2) is 62.8 Å². The van der Waals surface area contributed by atoms with E-state index in [0.717, 1.165) is 0 Å². The fraction of sp³-hybridized carbons (Fsp3) is 0.385. The smallest absolute Gasteiger partial charge is 0.295 e. The van der Waals surface area contributed by atoms with E-state index in [1.54, 1.807) is 42.5 Å². The van der Waals surface area contributed by atoms with Crippen LogP contribution in [0.5, 0.6) is 17.2 Å². The summed E-state index contributed by atoms with van der Waals surface area (Å²) in [5.41, 5.74) is 0.941. The number of carbonyl (C=O) groups is 2. The number of rotatable bonds is 10. The molecule has 0 spiro atoms. The van der Waals surface area contributed by atoms with E-state index in [-0.39, 0.29) is 24.5 Å². The zero-order chi connectivity index (χ0) is 24.8. The second-order valence-corrected chi connectivity index (χ2v) is 8.32. The van der Waals surface area contributed by atoms with E-state index in [4.69, 9.17) is 18.9 Å². The van der Waals surface area contributed by atoms with Crippen LogP contribution in [-0.2, 0) is 14.3 Å². The van der Waals surface area contributed by atoms with Gasteiger partial charge in [-0.25, -0.2) is 0 Å². The quantitative estimate of drug-likeness (QED) is 0.321. The molecular formula is C26H31NO7. The summed E-state index contributed by atoms with van der Waals surface area (Å²) in [5.74, 6) is 0.268. The number of hydrogen-bond donors (Lipinski definition) is 1. The summed E-state index contributed by atoms with van der Waals surface area (Å²) >= 11 is 0. The van der Waals surface area contributed by atoms with Gasteiger partial charge in [-0.15, -0.1) is 0 Å². The highest BCUT2D eigenvalue weighted by molar-refractivity contribution is 6.46. The first-order chi connectivity index (χ1) is 16.3. The molecule has 1 saturated heterocycles. The Labute approximate surface area is 199 Å². The number of Topliss-reactive ketones (excluding diaryl/α,β-unsaturated/α-hetero) is 1. The summed E-state index contributed by atoms with van der Waals surface area (Å²) in [5, 5.41) is 11.2. The van der Waals surface area contributed by atoms with Crippen LogP contribution in [0.15, 0.2) is 48.0 Å². The third kappa shape index (κ3) is 5.17. The van der Waals surface area contributed by atoms with E-state index < -0.39 is 17.7 Å². The maximum absolute atomic E-state index is 13.1. The Bertz CT molecular complexity index is 1060. The molecular weight excluding hydrogens is 438 g/mol. The van der Waals surface area contributed by atoms with Crippen LogP contribution in [0.25, 0.3) is 5.76 Å². The molecule has 1 N–H and O–H groups in total. The average molecular weight is 470 g/mol. The molecule has 2 aromatic rings. The summed E-state index contributed by atoms with van der Waals surface area (Å²) in [6.45, 7) is 5.06. The molecule has 8 heteroatoms. The second kappa shape index (κ2) is 11.1. The SMILES string of the molecule is COCCN1C(=O)C(=O)/C(=C(/O)c2ccc(OCC(C)C)cc2)[C@H]1c1ccc(OC)cc1OC. The monoisotopic (exact) mass is 469 g/mol. The normalized spacial score (nSPS) is 17.4. The standard InChI is InChI=1S/C26H31NO7/c1-16(2)15-34-18-8-6-17(7-9-18)24(28)22-23(27(12-13-31-3)26(30)25(22)29)20-11-10-19(32-4)14-21(20)33-5/h6-11,14,16,23,28H,12-13,15H2,1-5H3/b24-22+/t23-/m1/s1. The number of methoxy groups -OCH3 is 3. The number of nitrogens with zero attached hydrogens (tertiary/aromatic N) is 1. The molecule has 0 saturated carbocycles. The third-order valence-electron chi connectivity index (χ3n) is 5.52. The molecule has 1 aliphatic rings. The molecule has 2 aromatic carbocycles. The summed E-state index contributed by atoms with van der Waals surface area (Å²) < 4.78 is 21.7. The van der Waals surface area contributed by atoms with Gasteiger partial charge >= 0.3 is 0 Å². The zero-order valence-corrected chi connectivity index (χ0v) is 20.2. The molecule has 8 nitrogen and oxygen atoms in total. The average Bonchev–Trinajstić information content (AvgIpc) is 3.10. The van der Waals surface area contributed by atoms with E-state index in [0.29, 0.717) is 40.9 Å². The van der Waals surface area contributed by atoms with Crippen LogP contribution >= 0.6 is 0 Å². The molecule has 0 aromatic heterocycles. The van der Waals surface area contributed by atoms with E-state index in [1.165, 1.54) is 26.2 Å². The van der Waals surface area contributed by atoms with Gasteiger partial charge in [-0.3, -0.25) is 9.59 Å². The molecule has 1 aliphatic heterocycles. The molecule has 0 bridgehead atoms. The number of hydrogen-bond acceptors (Lipinski definition) is 7. The van der Waals surface area contributed by atoms with Gasteiger partial charge in [-0.1, -0.05) is 13.8 Å². The van der Waals surface area contributed by atoms with Gasteiger partial charge in [0.2, 0.25) is 0 Å². The predicted molar refractivity (Wildman–Crippen MR) is 127 cm³/mol. The fourth-order valence-corrected chi connectivity index (χ4v) is 3.80. The van der Waals surface area contributed by atoms with Crippen LogP contribution in [0.4, 0.5) is 0 Å². The summed E-state index contributed by atoms with van der Waals surface area (Å²) in [7, 11) is 4.55. The molecule has 0 unspecified atom stereocenters. The molecule has 1 fully saturated rings. The number of amides is 1. The van der Waals surface area contributed by atoms with Crippen molar-refractivity contribution in [2.75, 3.05) is 41.1 Å². The Morgan fingerprint density at radius 2 is 1.68 bits per heavy atom. The lowest BCUT2D eigenvalue weighted by Crippen LogP contribution is -2.32. The highest BCUT2D eigenvalue weighted by atomic mass is 16.5. The minimum absolute atomic E-state index is 0.0135. The highest BCUT2D eigenvalue weighted by Gasteiger charge is 2.47. The zero-order valence-electron chi connectivity index (χ0n) is 20.2. The van der Waals surface area contributed by atoms with Gasteiger partial charge in [0.05, 0.1) is 39.0 Å². The van der Waals surface area contributed by atoms with Crippen molar-refractivity contribution in [3.63, 3.8) is 0 Å². The van der Waals surface area contributed by atoms with Crippen LogP contribution in [0.2, 0.25) is 0 Å². The number of ether oxygens (including phenoxy) is 4. The lowest BCUT2D eigenvalue weighted by molar-refractivity contribution is -0.140. The maximum atomic E-state index is 13.1. The van der Waals surface area contributed by atoms with Crippen molar-refractivity contribution in [1.82, 2.24) is 4.90 Å². The first kappa shape index (κ1) is 25.1. The molecule has 1 atom stereocenters. The van der Waals surface area contributed by atoms with Crippen LogP contribution in [0.1, 0.15) is 31.0 Å². The summed E-state index contributed by atoms with van der Waals surface area (Å²) in [6.07, 6.45) is 0. The number of aliphatic hydroxyl groups excluding tert-OH is 1. The lowest BCUT2D eigenvalue weighted by Gasteiger charge is -2.26. The first-order valence-corrected chi connectivity index (χ1v) is 11.0. The van der Waals surface area contributed by atoms with Crippen molar-refractivity contribution in [1.29, 1.82) is 0 Å². The second-order valence-electron chi connectivity index (χ2n) is 8.32. The van der Waals surface area contributed by atoms with E-state index in [2.05, 4.69) is 13.8 Å². The van der Waals surface area contributed by atoms with Crippen molar-refractivity contribution >= 4 is 17.4 Å². The number of aliphatic hydroxyl groups is 1. The van der Waals surface area contributed by atoms with Crippen LogP contribution in [0.3, 0.4) is 0 Å². The van der Waals surface area contributed by atoms with Gasteiger partial charge in [0.1, 0.15) is 23.0 Å². The Balaban J connectivity index is 2.10. The minimum atomic E-state index is -0.854. The van der Waals surface area contributed by atoms with Crippen LogP contribution < -0.4 is 14.2 Å². The topological polar surface area (TPSA) is 94.5 Å². The maximum Gasteiger partial charge on any atom is 0.295 e. The van der Waals surface area contributed by atoms with Gasteiger partial charge < -0.3 is 29.0 Å². The molecule has 0 aliphatic carbocycles. The van der Waals surface area contributed by atoms with Gasteiger partial charge in [0.15, 0.2) is 0 Å². The fourth-order valence-electron chi connectivity index (χ4n) is 3.80. The summed E-state index contributed by atoms with van der Waals surface area (Å²) in [4.78, 5) is 27.5. The van der Waals surface area contributed by atoms with Gasteiger partial charge in [0.25, 0.3) is 11.7 Å².